The normalized spacial score (nSPS) is 16.4. The highest BCUT2D eigenvalue weighted by Crippen LogP contribution is 2.28. The molecule has 0 atom stereocenters. The minimum absolute atomic E-state index is 0.190. The molecule has 0 bridgehead atoms. The maximum absolute atomic E-state index is 13.5. The van der Waals surface area contributed by atoms with Crippen LogP contribution in [-0.2, 0) is 0 Å². The van der Waals surface area contributed by atoms with Crippen molar-refractivity contribution in [3.63, 3.8) is 0 Å². The van der Waals surface area contributed by atoms with E-state index in [0.29, 0.717) is 5.75 Å². The zero-order valence-electron chi connectivity index (χ0n) is 9.63. The summed E-state index contributed by atoms with van der Waals surface area (Å²) in [5.74, 6) is 0.0873. The Balaban J connectivity index is 2.17. The van der Waals surface area contributed by atoms with E-state index in [2.05, 4.69) is 6.58 Å². The van der Waals surface area contributed by atoms with Gasteiger partial charge in [0.15, 0.2) is 11.6 Å². The van der Waals surface area contributed by atoms with Crippen molar-refractivity contribution in [1.82, 2.24) is 0 Å². The molecular formula is C14H17FO. The Bertz CT molecular complexity index is 392. The van der Waals surface area contributed by atoms with Gasteiger partial charge in [-0.2, -0.15) is 0 Å². The molecule has 1 aromatic rings. The van der Waals surface area contributed by atoms with Crippen LogP contribution in [0, 0.1) is 5.82 Å². The molecule has 0 unspecified atom stereocenters. The Morgan fingerprint density at radius 1 is 1.38 bits per heavy atom. The molecule has 0 radical (unpaired) electrons. The predicted molar refractivity (Wildman–Crippen MR) is 64.0 cm³/mol. The lowest BCUT2D eigenvalue weighted by molar-refractivity contribution is 0.200. The Kier molecular flexibility index (Phi) is 3.28. The maximum Gasteiger partial charge on any atom is 0.165 e. The number of halogens is 1. The van der Waals surface area contributed by atoms with E-state index >= 15 is 0 Å². The fourth-order valence-electron chi connectivity index (χ4n) is 2.04. The summed E-state index contributed by atoms with van der Waals surface area (Å²) in [6.45, 7) is 5.76. The predicted octanol–water partition coefficient (Wildman–Crippen LogP) is 4.18. The second-order valence-electron chi connectivity index (χ2n) is 4.45. The average molecular weight is 220 g/mol. The van der Waals surface area contributed by atoms with Gasteiger partial charge >= 0.3 is 0 Å². The molecule has 0 aromatic heterocycles. The summed E-state index contributed by atoms with van der Waals surface area (Å²) < 4.78 is 19.2. The SMILES string of the molecule is C=C(C)c1ccc(F)c(OC2CCCC2)c1. The van der Waals surface area contributed by atoms with Crippen molar-refractivity contribution in [3.8, 4) is 5.75 Å². The van der Waals surface area contributed by atoms with Gasteiger partial charge in [-0.15, -0.1) is 0 Å². The van der Waals surface area contributed by atoms with E-state index in [1.54, 1.807) is 12.1 Å². The third-order valence-corrected chi connectivity index (χ3v) is 3.02. The van der Waals surface area contributed by atoms with Gasteiger partial charge in [0.25, 0.3) is 0 Å². The number of ether oxygens (including phenoxy) is 1. The summed E-state index contributed by atoms with van der Waals surface area (Å²) in [5, 5.41) is 0. The molecule has 0 saturated heterocycles. The second-order valence-corrected chi connectivity index (χ2v) is 4.45. The summed E-state index contributed by atoms with van der Waals surface area (Å²) in [6, 6.07) is 4.93. The molecule has 0 spiro atoms. The lowest BCUT2D eigenvalue weighted by Gasteiger charge is -2.14. The molecule has 1 saturated carbocycles. The molecule has 86 valence electrons. The Morgan fingerprint density at radius 3 is 2.69 bits per heavy atom. The van der Waals surface area contributed by atoms with E-state index < -0.39 is 0 Å². The van der Waals surface area contributed by atoms with Crippen LogP contribution in [0.15, 0.2) is 24.8 Å². The number of hydrogen-bond acceptors (Lipinski definition) is 1. The van der Waals surface area contributed by atoms with Gasteiger partial charge in [0.2, 0.25) is 0 Å². The van der Waals surface area contributed by atoms with Crippen LogP contribution in [0.5, 0.6) is 5.75 Å². The van der Waals surface area contributed by atoms with Crippen LogP contribution in [-0.4, -0.2) is 6.10 Å². The van der Waals surface area contributed by atoms with E-state index in [-0.39, 0.29) is 11.9 Å². The molecule has 1 fully saturated rings. The number of rotatable bonds is 3. The molecule has 2 rings (SSSR count). The van der Waals surface area contributed by atoms with Crippen LogP contribution in [0.4, 0.5) is 4.39 Å². The minimum Gasteiger partial charge on any atom is -0.487 e. The summed E-state index contributed by atoms with van der Waals surface area (Å²) in [7, 11) is 0. The largest absolute Gasteiger partial charge is 0.487 e. The average Bonchev–Trinajstić information content (AvgIpc) is 2.73. The van der Waals surface area contributed by atoms with Gasteiger partial charge in [-0.3, -0.25) is 0 Å². The molecule has 0 aliphatic heterocycles. The molecule has 0 amide bonds. The monoisotopic (exact) mass is 220 g/mol. The zero-order chi connectivity index (χ0) is 11.5. The summed E-state index contributed by atoms with van der Waals surface area (Å²) >= 11 is 0. The van der Waals surface area contributed by atoms with Crippen molar-refractivity contribution in [2.75, 3.05) is 0 Å². The summed E-state index contributed by atoms with van der Waals surface area (Å²) in [4.78, 5) is 0. The van der Waals surface area contributed by atoms with E-state index in [1.165, 1.54) is 18.9 Å². The highest BCUT2D eigenvalue weighted by molar-refractivity contribution is 5.62. The molecular weight excluding hydrogens is 203 g/mol. The standard InChI is InChI=1S/C14H17FO/c1-10(2)11-7-8-13(15)14(9-11)16-12-5-3-4-6-12/h7-9,12H,1,3-6H2,2H3. The van der Waals surface area contributed by atoms with Crippen LogP contribution >= 0.6 is 0 Å². The van der Waals surface area contributed by atoms with Crippen molar-refractivity contribution in [2.45, 2.75) is 38.7 Å². The molecule has 0 heterocycles. The van der Waals surface area contributed by atoms with Crippen molar-refractivity contribution in [2.24, 2.45) is 0 Å². The molecule has 1 aliphatic carbocycles. The van der Waals surface area contributed by atoms with Crippen LogP contribution in [0.25, 0.3) is 5.57 Å². The summed E-state index contributed by atoms with van der Waals surface area (Å²) in [6.07, 6.45) is 4.64. The topological polar surface area (TPSA) is 9.23 Å². The molecule has 1 aromatic carbocycles. The van der Waals surface area contributed by atoms with Gasteiger partial charge in [0.05, 0.1) is 6.10 Å². The first kappa shape index (κ1) is 11.2. The van der Waals surface area contributed by atoms with E-state index in [1.807, 2.05) is 6.92 Å². The fraction of sp³-hybridized carbons (Fsp3) is 0.429. The number of hydrogen-bond donors (Lipinski definition) is 0. The first-order chi connectivity index (χ1) is 7.66. The van der Waals surface area contributed by atoms with E-state index in [9.17, 15) is 4.39 Å². The van der Waals surface area contributed by atoms with Crippen LogP contribution < -0.4 is 4.74 Å². The van der Waals surface area contributed by atoms with E-state index in [4.69, 9.17) is 4.74 Å². The molecule has 1 aliphatic rings. The zero-order valence-corrected chi connectivity index (χ0v) is 9.63. The fourth-order valence-corrected chi connectivity index (χ4v) is 2.04. The van der Waals surface area contributed by atoms with Gasteiger partial charge in [-0.1, -0.05) is 18.2 Å². The highest BCUT2D eigenvalue weighted by atomic mass is 19.1. The first-order valence-electron chi connectivity index (χ1n) is 5.79. The van der Waals surface area contributed by atoms with Gasteiger partial charge in [-0.25, -0.2) is 4.39 Å². The number of benzene rings is 1. The van der Waals surface area contributed by atoms with Crippen molar-refractivity contribution >= 4 is 5.57 Å². The minimum atomic E-state index is -0.281. The van der Waals surface area contributed by atoms with Crippen molar-refractivity contribution in [1.29, 1.82) is 0 Å². The quantitative estimate of drug-likeness (QED) is 0.742. The summed E-state index contributed by atoms with van der Waals surface area (Å²) in [5.41, 5.74) is 1.87. The second kappa shape index (κ2) is 4.69. The third-order valence-electron chi connectivity index (χ3n) is 3.02. The van der Waals surface area contributed by atoms with Gasteiger partial charge in [0.1, 0.15) is 0 Å². The van der Waals surface area contributed by atoms with Gasteiger partial charge in [0, 0.05) is 0 Å². The Hall–Kier alpha value is -1.31. The first-order valence-corrected chi connectivity index (χ1v) is 5.79. The van der Waals surface area contributed by atoms with E-state index in [0.717, 1.165) is 24.0 Å². The molecule has 1 nitrogen and oxygen atoms in total. The molecule has 0 N–H and O–H groups in total. The Morgan fingerprint density at radius 2 is 2.06 bits per heavy atom. The lowest BCUT2D eigenvalue weighted by Crippen LogP contribution is -2.11. The van der Waals surface area contributed by atoms with Gasteiger partial charge < -0.3 is 4.74 Å². The smallest absolute Gasteiger partial charge is 0.165 e. The molecule has 16 heavy (non-hydrogen) atoms. The van der Waals surface area contributed by atoms with Crippen LogP contribution in [0.2, 0.25) is 0 Å². The van der Waals surface area contributed by atoms with Crippen LogP contribution in [0.1, 0.15) is 38.2 Å². The van der Waals surface area contributed by atoms with Gasteiger partial charge in [-0.05, 0) is 50.3 Å². The Labute approximate surface area is 95.9 Å². The lowest BCUT2D eigenvalue weighted by atomic mass is 10.1. The highest BCUT2D eigenvalue weighted by Gasteiger charge is 2.18. The van der Waals surface area contributed by atoms with Crippen molar-refractivity contribution in [3.05, 3.63) is 36.2 Å². The third kappa shape index (κ3) is 2.43. The molecule has 2 heteroatoms. The van der Waals surface area contributed by atoms with Crippen molar-refractivity contribution < 1.29 is 9.13 Å². The van der Waals surface area contributed by atoms with Crippen LogP contribution in [0.3, 0.4) is 0 Å². The number of allylic oxidation sites excluding steroid dienone is 1. The maximum atomic E-state index is 13.5.